The zero-order chi connectivity index (χ0) is 34.7. The van der Waals surface area contributed by atoms with Gasteiger partial charge in [0, 0.05) is 23.9 Å². The van der Waals surface area contributed by atoms with Gasteiger partial charge >= 0.3 is 0 Å². The van der Waals surface area contributed by atoms with Crippen molar-refractivity contribution >= 4 is 39.3 Å². The zero-order valence-electron chi connectivity index (χ0n) is 27.6. The minimum Gasteiger partial charge on any atom is -0.494 e. The zero-order valence-corrected chi connectivity index (χ0v) is 29.3. The fraction of sp³-hybridized carbons (Fsp3) is 0.297. The molecule has 0 saturated carbocycles. The number of halogens is 1. The molecule has 1 N–H and O–H groups in total. The predicted molar refractivity (Wildman–Crippen MR) is 189 cm³/mol. The number of nitrogens with one attached hydrogen (secondary N) is 1. The summed E-state index contributed by atoms with van der Waals surface area (Å²) in [7, 11) is -4.25. The van der Waals surface area contributed by atoms with Gasteiger partial charge in [0.15, 0.2) is 0 Å². The van der Waals surface area contributed by atoms with Gasteiger partial charge in [-0.15, -0.1) is 11.8 Å². The van der Waals surface area contributed by atoms with Gasteiger partial charge in [-0.3, -0.25) is 13.9 Å². The van der Waals surface area contributed by atoms with Crippen LogP contribution in [-0.4, -0.2) is 56.6 Å². The smallest absolute Gasteiger partial charge is 0.264 e. The van der Waals surface area contributed by atoms with Gasteiger partial charge in [-0.2, -0.15) is 0 Å². The van der Waals surface area contributed by atoms with Crippen molar-refractivity contribution in [3.05, 3.63) is 120 Å². The van der Waals surface area contributed by atoms with Crippen LogP contribution < -0.4 is 14.4 Å². The van der Waals surface area contributed by atoms with Crippen molar-refractivity contribution in [1.82, 2.24) is 10.2 Å². The maximum absolute atomic E-state index is 14.6. The Morgan fingerprint density at radius 3 is 2.10 bits per heavy atom. The van der Waals surface area contributed by atoms with Gasteiger partial charge in [0.05, 0.1) is 17.2 Å². The van der Waals surface area contributed by atoms with Crippen LogP contribution in [-0.2, 0) is 32.6 Å². The molecule has 0 aromatic heterocycles. The summed E-state index contributed by atoms with van der Waals surface area (Å²) in [5.41, 5.74) is 1.66. The predicted octanol–water partition coefficient (Wildman–Crippen LogP) is 6.70. The Labute approximate surface area is 287 Å². The van der Waals surface area contributed by atoms with Gasteiger partial charge in [-0.25, -0.2) is 12.8 Å². The van der Waals surface area contributed by atoms with Gasteiger partial charge < -0.3 is 15.0 Å². The first kappa shape index (κ1) is 36.5. The number of carbonyl (C=O) groups is 2. The summed E-state index contributed by atoms with van der Waals surface area (Å²) in [4.78, 5) is 30.8. The van der Waals surface area contributed by atoms with E-state index < -0.39 is 34.3 Å². The molecule has 48 heavy (non-hydrogen) atoms. The Morgan fingerprint density at radius 2 is 1.52 bits per heavy atom. The number of nitrogens with zero attached hydrogens (tertiary/aromatic N) is 2. The van der Waals surface area contributed by atoms with E-state index in [1.165, 1.54) is 40.9 Å². The van der Waals surface area contributed by atoms with Crippen molar-refractivity contribution in [1.29, 1.82) is 0 Å². The molecule has 0 bridgehead atoms. The largest absolute Gasteiger partial charge is 0.494 e. The molecule has 4 rings (SSSR count). The van der Waals surface area contributed by atoms with E-state index in [1.807, 2.05) is 57.4 Å². The van der Waals surface area contributed by atoms with Gasteiger partial charge in [-0.1, -0.05) is 49.4 Å². The molecule has 0 unspecified atom stereocenters. The molecule has 0 fully saturated rings. The average molecular weight is 692 g/mol. The normalized spacial score (nSPS) is 12.5. The lowest BCUT2D eigenvalue weighted by atomic mass is 10.0. The molecular weight excluding hydrogens is 650 g/mol. The van der Waals surface area contributed by atoms with Gasteiger partial charge in [0.25, 0.3) is 10.0 Å². The summed E-state index contributed by atoms with van der Waals surface area (Å²) in [6.07, 6.45) is 2.75. The van der Waals surface area contributed by atoms with Crippen molar-refractivity contribution in [3.63, 3.8) is 0 Å². The maximum atomic E-state index is 14.6. The first-order valence-electron chi connectivity index (χ1n) is 15.8. The summed E-state index contributed by atoms with van der Waals surface area (Å²) < 4.78 is 49.1. The maximum Gasteiger partial charge on any atom is 0.264 e. The molecule has 0 aliphatic heterocycles. The van der Waals surface area contributed by atoms with Gasteiger partial charge in [0.1, 0.15) is 24.2 Å². The Morgan fingerprint density at radius 1 is 0.875 bits per heavy atom. The fourth-order valence-electron chi connectivity index (χ4n) is 5.06. The van der Waals surface area contributed by atoms with Gasteiger partial charge in [0.2, 0.25) is 11.8 Å². The molecule has 2 atom stereocenters. The number of rotatable bonds is 16. The average Bonchev–Trinajstić information content (AvgIpc) is 3.10. The number of amides is 2. The molecule has 0 saturated heterocycles. The molecule has 0 radical (unpaired) electrons. The minimum atomic E-state index is -4.25. The second-order valence-electron chi connectivity index (χ2n) is 11.3. The number of anilines is 1. The molecule has 0 heterocycles. The van der Waals surface area contributed by atoms with E-state index in [9.17, 15) is 22.4 Å². The molecule has 0 spiro atoms. The van der Waals surface area contributed by atoms with Crippen molar-refractivity contribution in [2.24, 2.45) is 0 Å². The SMILES string of the molecule is CCOc1ccc(N(CC(=O)N(Cc2ccc(F)cc2)[C@H](Cc2ccccc2)C(=O)N[C@@H](C)CC)S(=O)(=O)c2ccc(SC)cc2)cc1. The van der Waals surface area contributed by atoms with E-state index in [1.54, 1.807) is 48.5 Å². The molecule has 4 aromatic carbocycles. The highest BCUT2D eigenvalue weighted by molar-refractivity contribution is 7.98. The number of carbonyl (C=O) groups excluding carboxylic acids is 2. The van der Waals surface area contributed by atoms with E-state index in [0.29, 0.717) is 24.3 Å². The highest BCUT2D eigenvalue weighted by Gasteiger charge is 2.35. The Bertz CT molecular complexity index is 1740. The van der Waals surface area contributed by atoms with Crippen LogP contribution in [0.2, 0.25) is 0 Å². The standard InChI is InChI=1S/C37H42FN3O5S2/c1-5-27(3)39-37(43)35(24-28-10-8-7-9-11-28)40(25-29-12-14-30(38)15-13-29)36(42)26-41(31-16-18-32(19-17-31)46-6-2)48(44,45)34-22-20-33(47-4)21-23-34/h7-23,27,35H,5-6,24-26H2,1-4H3,(H,39,43)/t27-,35+/m0/s1. The third-order valence-electron chi connectivity index (χ3n) is 7.90. The molecule has 254 valence electrons. The topological polar surface area (TPSA) is 96.0 Å². The Hall–Kier alpha value is -4.35. The highest BCUT2D eigenvalue weighted by atomic mass is 32.2. The minimum absolute atomic E-state index is 0.0161. The van der Waals surface area contributed by atoms with E-state index in [4.69, 9.17) is 4.74 Å². The van der Waals surface area contributed by atoms with Crippen molar-refractivity contribution < 1.29 is 27.1 Å². The molecule has 0 aliphatic rings. The lowest BCUT2D eigenvalue weighted by Crippen LogP contribution is -2.54. The lowest BCUT2D eigenvalue weighted by molar-refractivity contribution is -0.140. The van der Waals surface area contributed by atoms with E-state index >= 15 is 0 Å². The van der Waals surface area contributed by atoms with Crippen LogP contribution >= 0.6 is 11.8 Å². The lowest BCUT2D eigenvalue weighted by Gasteiger charge is -2.34. The van der Waals surface area contributed by atoms with Gasteiger partial charge in [-0.05, 0) is 98.3 Å². The quantitative estimate of drug-likeness (QED) is 0.132. The van der Waals surface area contributed by atoms with Crippen LogP contribution in [0.4, 0.5) is 10.1 Å². The fourth-order valence-corrected chi connectivity index (χ4v) is 6.88. The van der Waals surface area contributed by atoms with Crippen LogP contribution in [0, 0.1) is 5.82 Å². The number of benzene rings is 4. The van der Waals surface area contributed by atoms with Crippen molar-refractivity contribution in [3.8, 4) is 5.75 Å². The highest BCUT2D eigenvalue weighted by Crippen LogP contribution is 2.28. The van der Waals surface area contributed by atoms with E-state index in [2.05, 4.69) is 5.32 Å². The number of ether oxygens (including phenoxy) is 1. The third-order valence-corrected chi connectivity index (χ3v) is 10.4. The number of hydrogen-bond donors (Lipinski definition) is 1. The second kappa shape index (κ2) is 17.2. The first-order chi connectivity index (χ1) is 23.0. The molecule has 2 amide bonds. The van der Waals surface area contributed by atoms with Crippen LogP contribution in [0.25, 0.3) is 0 Å². The number of thioether (sulfide) groups is 1. The number of hydrogen-bond acceptors (Lipinski definition) is 6. The summed E-state index contributed by atoms with van der Waals surface area (Å²) in [5, 5.41) is 3.01. The van der Waals surface area contributed by atoms with Crippen molar-refractivity contribution in [2.45, 2.75) is 62.0 Å². The molecule has 0 aliphatic carbocycles. The second-order valence-corrected chi connectivity index (χ2v) is 14.0. The van der Waals surface area contributed by atoms with Crippen LogP contribution in [0.5, 0.6) is 5.75 Å². The molecule has 8 nitrogen and oxygen atoms in total. The number of sulfonamides is 1. The Balaban J connectivity index is 1.80. The third kappa shape index (κ3) is 9.60. The molecule has 11 heteroatoms. The van der Waals surface area contributed by atoms with Crippen LogP contribution in [0.3, 0.4) is 0 Å². The summed E-state index contributed by atoms with van der Waals surface area (Å²) in [6, 6.07) is 26.8. The van der Waals surface area contributed by atoms with E-state index in [0.717, 1.165) is 14.8 Å². The monoisotopic (exact) mass is 691 g/mol. The Kier molecular flexibility index (Phi) is 13.0. The summed E-state index contributed by atoms with van der Waals surface area (Å²) in [5.74, 6) is -0.853. The molecule has 4 aromatic rings. The van der Waals surface area contributed by atoms with Crippen LogP contribution in [0.1, 0.15) is 38.3 Å². The van der Waals surface area contributed by atoms with E-state index in [-0.39, 0.29) is 35.5 Å². The van der Waals surface area contributed by atoms with Crippen LogP contribution in [0.15, 0.2) is 113 Å². The molecular formula is C37H42FN3O5S2. The first-order valence-corrected chi connectivity index (χ1v) is 18.5. The summed E-state index contributed by atoms with van der Waals surface area (Å²) >= 11 is 1.48. The van der Waals surface area contributed by atoms with Crippen molar-refractivity contribution in [2.75, 3.05) is 23.7 Å². The summed E-state index contributed by atoms with van der Waals surface area (Å²) in [6.45, 7) is 5.46.